The molecule has 1 saturated heterocycles. The molecule has 0 aromatic carbocycles. The number of piperidine rings is 1. The number of unbranched alkanes of at least 4 members (excludes halogenated alkanes) is 1. The average molecular weight is 186 g/mol. The molecule has 0 spiro atoms. The predicted octanol–water partition coefficient (Wildman–Crippen LogP) is 0.428. The number of nitrogens with two attached hydrogens (primary N) is 1. The lowest BCUT2D eigenvalue weighted by Gasteiger charge is -2.35. The molecule has 2 atom stereocenters. The molecule has 1 rings (SSSR count). The lowest BCUT2D eigenvalue weighted by molar-refractivity contribution is 0.0250. The zero-order valence-electron chi connectivity index (χ0n) is 8.58. The van der Waals surface area contributed by atoms with Gasteiger partial charge < -0.3 is 15.7 Å². The summed E-state index contributed by atoms with van der Waals surface area (Å²) in [4.78, 5) is 2.35. The molecule has 1 unspecified atom stereocenters. The van der Waals surface area contributed by atoms with Crippen molar-refractivity contribution in [1.82, 2.24) is 4.90 Å². The molecular formula is C10H22N2O. The third-order valence-corrected chi connectivity index (χ3v) is 2.94. The van der Waals surface area contributed by atoms with Crippen LogP contribution in [0.5, 0.6) is 0 Å². The van der Waals surface area contributed by atoms with Gasteiger partial charge in [0.15, 0.2) is 0 Å². The Morgan fingerprint density at radius 3 is 2.85 bits per heavy atom. The van der Waals surface area contributed by atoms with Crippen molar-refractivity contribution in [3.8, 4) is 0 Å². The smallest absolute Gasteiger partial charge is 0.0707 e. The highest BCUT2D eigenvalue weighted by Gasteiger charge is 2.25. The van der Waals surface area contributed by atoms with Crippen LogP contribution in [0.4, 0.5) is 0 Å². The van der Waals surface area contributed by atoms with Crippen molar-refractivity contribution in [3.63, 3.8) is 0 Å². The summed E-state index contributed by atoms with van der Waals surface area (Å²) in [6.45, 7) is 5.89. The van der Waals surface area contributed by atoms with Crippen molar-refractivity contribution in [2.75, 3.05) is 26.2 Å². The molecule has 0 aromatic heterocycles. The van der Waals surface area contributed by atoms with Crippen LogP contribution in [0.25, 0.3) is 0 Å². The summed E-state index contributed by atoms with van der Waals surface area (Å²) < 4.78 is 0. The molecule has 3 heteroatoms. The predicted molar refractivity (Wildman–Crippen MR) is 54.5 cm³/mol. The number of rotatable bonds is 4. The second-order valence-electron chi connectivity index (χ2n) is 4.01. The van der Waals surface area contributed by atoms with Crippen LogP contribution in [0.2, 0.25) is 0 Å². The third-order valence-electron chi connectivity index (χ3n) is 2.94. The quantitative estimate of drug-likeness (QED) is 0.669. The van der Waals surface area contributed by atoms with Crippen LogP contribution < -0.4 is 5.73 Å². The largest absolute Gasteiger partial charge is 0.391 e. The first-order valence-corrected chi connectivity index (χ1v) is 5.38. The van der Waals surface area contributed by atoms with Gasteiger partial charge in [-0.1, -0.05) is 13.3 Å². The number of hydrogen-bond acceptors (Lipinski definition) is 3. The molecule has 1 heterocycles. The topological polar surface area (TPSA) is 49.5 Å². The Kier molecular flexibility index (Phi) is 4.70. The summed E-state index contributed by atoms with van der Waals surface area (Å²) in [5, 5.41) is 9.72. The Morgan fingerprint density at radius 2 is 2.31 bits per heavy atom. The zero-order chi connectivity index (χ0) is 9.68. The number of likely N-dealkylation sites (tertiary alicyclic amines) is 1. The lowest BCUT2D eigenvalue weighted by Crippen LogP contribution is -2.46. The van der Waals surface area contributed by atoms with E-state index in [-0.39, 0.29) is 6.10 Å². The standard InChI is InChI=1S/C10H22N2O/c1-2-3-5-12-6-4-9(7-11)10(13)8-12/h9-10,13H,2-8,11H2,1H3/t9-,10?/m0/s1. The molecular weight excluding hydrogens is 164 g/mol. The van der Waals surface area contributed by atoms with Gasteiger partial charge in [-0.2, -0.15) is 0 Å². The SMILES string of the molecule is CCCCN1CC[C@@H](CN)C(O)C1. The van der Waals surface area contributed by atoms with Crippen LogP contribution in [-0.4, -0.2) is 42.3 Å². The molecule has 0 bridgehead atoms. The number of aliphatic hydroxyl groups is 1. The highest BCUT2D eigenvalue weighted by molar-refractivity contribution is 4.80. The molecule has 0 saturated carbocycles. The normalized spacial score (nSPS) is 30.7. The Labute approximate surface area is 80.9 Å². The summed E-state index contributed by atoms with van der Waals surface area (Å²) in [7, 11) is 0. The van der Waals surface area contributed by atoms with Gasteiger partial charge in [0.05, 0.1) is 6.10 Å². The van der Waals surface area contributed by atoms with Gasteiger partial charge in [0.2, 0.25) is 0 Å². The first-order chi connectivity index (χ1) is 6.27. The summed E-state index contributed by atoms with van der Waals surface area (Å²) in [5.74, 6) is 0.331. The first kappa shape index (κ1) is 11.0. The van der Waals surface area contributed by atoms with E-state index in [9.17, 15) is 5.11 Å². The van der Waals surface area contributed by atoms with Crippen molar-refractivity contribution < 1.29 is 5.11 Å². The van der Waals surface area contributed by atoms with Crippen LogP contribution in [0.1, 0.15) is 26.2 Å². The summed E-state index contributed by atoms with van der Waals surface area (Å²) in [6, 6.07) is 0. The van der Waals surface area contributed by atoms with Crippen molar-refractivity contribution in [1.29, 1.82) is 0 Å². The van der Waals surface area contributed by atoms with E-state index < -0.39 is 0 Å². The van der Waals surface area contributed by atoms with E-state index in [1.54, 1.807) is 0 Å². The lowest BCUT2D eigenvalue weighted by atomic mass is 9.94. The van der Waals surface area contributed by atoms with E-state index in [0.717, 1.165) is 26.1 Å². The molecule has 3 nitrogen and oxygen atoms in total. The first-order valence-electron chi connectivity index (χ1n) is 5.38. The second kappa shape index (κ2) is 5.58. The number of hydrogen-bond donors (Lipinski definition) is 2. The van der Waals surface area contributed by atoms with Crippen molar-refractivity contribution in [3.05, 3.63) is 0 Å². The van der Waals surface area contributed by atoms with Crippen molar-refractivity contribution >= 4 is 0 Å². The summed E-state index contributed by atoms with van der Waals surface area (Å²) in [6.07, 6.45) is 3.32. The maximum Gasteiger partial charge on any atom is 0.0707 e. The Bertz CT molecular complexity index is 141. The fourth-order valence-corrected chi connectivity index (χ4v) is 1.91. The minimum atomic E-state index is -0.199. The maximum absolute atomic E-state index is 9.72. The number of nitrogens with zero attached hydrogens (tertiary/aromatic N) is 1. The van der Waals surface area contributed by atoms with Crippen molar-refractivity contribution in [2.24, 2.45) is 11.7 Å². The van der Waals surface area contributed by atoms with Gasteiger partial charge in [-0.25, -0.2) is 0 Å². The van der Waals surface area contributed by atoms with E-state index >= 15 is 0 Å². The monoisotopic (exact) mass is 186 g/mol. The molecule has 1 fully saturated rings. The fourth-order valence-electron chi connectivity index (χ4n) is 1.91. The molecule has 1 aliphatic rings. The van der Waals surface area contributed by atoms with Gasteiger partial charge in [0.25, 0.3) is 0 Å². The van der Waals surface area contributed by atoms with Crippen LogP contribution in [0.15, 0.2) is 0 Å². The minimum absolute atomic E-state index is 0.199. The molecule has 0 radical (unpaired) electrons. The zero-order valence-corrected chi connectivity index (χ0v) is 8.58. The van der Waals surface area contributed by atoms with E-state index in [1.165, 1.54) is 12.8 Å². The maximum atomic E-state index is 9.72. The molecule has 0 aliphatic carbocycles. The van der Waals surface area contributed by atoms with E-state index in [4.69, 9.17) is 5.73 Å². The molecule has 3 N–H and O–H groups in total. The molecule has 0 amide bonds. The van der Waals surface area contributed by atoms with Gasteiger partial charge >= 0.3 is 0 Å². The Hall–Kier alpha value is -0.120. The van der Waals surface area contributed by atoms with E-state index in [2.05, 4.69) is 11.8 Å². The number of aliphatic hydroxyl groups excluding tert-OH is 1. The van der Waals surface area contributed by atoms with Crippen LogP contribution in [0.3, 0.4) is 0 Å². The van der Waals surface area contributed by atoms with Gasteiger partial charge in [0.1, 0.15) is 0 Å². The van der Waals surface area contributed by atoms with Gasteiger partial charge in [-0.15, -0.1) is 0 Å². The van der Waals surface area contributed by atoms with Crippen LogP contribution >= 0.6 is 0 Å². The van der Waals surface area contributed by atoms with E-state index in [0.29, 0.717) is 12.5 Å². The van der Waals surface area contributed by atoms with Crippen LogP contribution in [0, 0.1) is 5.92 Å². The molecule has 1 aliphatic heterocycles. The molecule has 13 heavy (non-hydrogen) atoms. The second-order valence-corrected chi connectivity index (χ2v) is 4.01. The van der Waals surface area contributed by atoms with Gasteiger partial charge in [-0.3, -0.25) is 0 Å². The van der Waals surface area contributed by atoms with E-state index in [1.807, 2.05) is 0 Å². The Balaban J connectivity index is 2.24. The fraction of sp³-hybridized carbons (Fsp3) is 1.00. The average Bonchev–Trinajstić information content (AvgIpc) is 2.15. The molecule has 0 aromatic rings. The minimum Gasteiger partial charge on any atom is -0.391 e. The highest BCUT2D eigenvalue weighted by atomic mass is 16.3. The Morgan fingerprint density at radius 1 is 1.54 bits per heavy atom. The van der Waals surface area contributed by atoms with Gasteiger partial charge in [-0.05, 0) is 38.4 Å². The highest BCUT2D eigenvalue weighted by Crippen LogP contribution is 2.16. The summed E-state index contributed by atoms with van der Waals surface area (Å²) >= 11 is 0. The molecule has 78 valence electrons. The third kappa shape index (κ3) is 3.25. The number of β-amino-alcohol motifs (C(OH)–C–C–N with tert-alkyl or cyclic N) is 1. The van der Waals surface area contributed by atoms with Gasteiger partial charge in [0, 0.05) is 6.54 Å². The van der Waals surface area contributed by atoms with Crippen molar-refractivity contribution in [2.45, 2.75) is 32.3 Å². The summed E-state index contributed by atoms with van der Waals surface area (Å²) in [5.41, 5.74) is 5.56. The van der Waals surface area contributed by atoms with Crippen LogP contribution in [-0.2, 0) is 0 Å².